The van der Waals surface area contributed by atoms with E-state index in [1.165, 1.54) is 24.3 Å². The van der Waals surface area contributed by atoms with E-state index >= 15 is 0 Å². The van der Waals surface area contributed by atoms with E-state index in [-0.39, 0.29) is 10.6 Å². The van der Waals surface area contributed by atoms with Gasteiger partial charge in [0.2, 0.25) is 0 Å². The molecule has 2 nitrogen and oxygen atoms in total. The molecule has 2 unspecified atom stereocenters. The quantitative estimate of drug-likeness (QED) is 0.851. The molecule has 3 heteroatoms. The van der Waals surface area contributed by atoms with Gasteiger partial charge in [0.15, 0.2) is 0 Å². The lowest BCUT2D eigenvalue weighted by atomic mass is 10.1. The zero-order valence-electron chi connectivity index (χ0n) is 19.6. The van der Waals surface area contributed by atoms with Crippen molar-refractivity contribution in [3.8, 4) is 0 Å². The molecule has 2 atom stereocenters. The van der Waals surface area contributed by atoms with Gasteiger partial charge in [-0.2, -0.15) is 0 Å². The fraction of sp³-hybridized carbons (Fsp3) is 0.500. The molecule has 15 heavy (non-hydrogen) atoms. The van der Waals surface area contributed by atoms with Crippen molar-refractivity contribution in [2.45, 2.75) is 25.7 Å². The number of anilines is 1. The van der Waals surface area contributed by atoms with Gasteiger partial charge in [0.25, 0.3) is 0 Å². The summed E-state index contributed by atoms with van der Waals surface area (Å²) in [6.45, 7) is -13.4. The van der Waals surface area contributed by atoms with E-state index in [1.807, 2.05) is 0 Å². The van der Waals surface area contributed by atoms with Gasteiger partial charge in [-0.3, -0.25) is 0 Å². The molecule has 82 valence electrons. The third kappa shape index (κ3) is 2.52. The van der Waals surface area contributed by atoms with Gasteiger partial charge in [-0.05, 0) is 38.0 Å². The van der Waals surface area contributed by atoms with Crippen molar-refractivity contribution in [1.29, 1.82) is 0 Å². The topological polar surface area (TPSA) is 15.3 Å². The van der Waals surface area contributed by atoms with Crippen LogP contribution in [-0.4, -0.2) is 25.0 Å². The van der Waals surface area contributed by atoms with E-state index in [1.54, 1.807) is 5.32 Å². The molecule has 0 radical (unpaired) electrons. The summed E-state index contributed by atoms with van der Waals surface area (Å²) < 4.78 is 95.9. The summed E-state index contributed by atoms with van der Waals surface area (Å²) >= 11 is 3.16. The SMILES string of the molecule is [2H]C([2H])([2H])C1([2H])NC([2H])([2H])C([2H])(C([2H])([2H])[2H])N(c2ccc(Br)cc2)C1([2H])[2H]. The number of nitrogens with zero attached hydrogens (tertiary/aromatic N) is 1. The molecule has 1 aliphatic heterocycles. The molecule has 1 fully saturated rings. The Morgan fingerprint density at radius 3 is 3.00 bits per heavy atom. The first kappa shape index (κ1) is 3.47. The van der Waals surface area contributed by atoms with E-state index in [9.17, 15) is 0 Å². The highest BCUT2D eigenvalue weighted by Crippen LogP contribution is 2.22. The first-order chi connectivity index (χ1) is 11.8. The second-order valence-electron chi connectivity index (χ2n) is 2.90. The van der Waals surface area contributed by atoms with Crippen LogP contribution in [0.25, 0.3) is 0 Å². The third-order valence-corrected chi connectivity index (χ3v) is 2.37. The van der Waals surface area contributed by atoms with Crippen LogP contribution in [0.2, 0.25) is 0 Å². The van der Waals surface area contributed by atoms with Crippen LogP contribution in [0.1, 0.15) is 30.2 Å². The lowest BCUT2D eigenvalue weighted by Crippen LogP contribution is -2.54. The van der Waals surface area contributed by atoms with E-state index in [0.717, 1.165) is 0 Å². The van der Waals surface area contributed by atoms with Crippen LogP contribution in [0.3, 0.4) is 0 Å². The number of piperazine rings is 1. The third-order valence-electron chi connectivity index (χ3n) is 1.84. The number of benzene rings is 1. The monoisotopic (exact) mass is 280 g/mol. The number of rotatable bonds is 1. The van der Waals surface area contributed by atoms with Gasteiger partial charge >= 0.3 is 0 Å². The van der Waals surface area contributed by atoms with Gasteiger partial charge in [0.05, 0.1) is 4.11 Å². The maximum Gasteiger partial charge on any atom is 0.0540 e. The predicted molar refractivity (Wildman–Crippen MR) is 68.4 cm³/mol. The summed E-state index contributed by atoms with van der Waals surface area (Å²) in [5.41, 5.74) is -0.249. The molecule has 0 bridgehead atoms. The summed E-state index contributed by atoms with van der Waals surface area (Å²) in [5.74, 6) is 0. The van der Waals surface area contributed by atoms with Crippen LogP contribution in [0, 0.1) is 0 Å². The first-order valence-electron chi connectivity index (χ1n) is 10.2. The Hall–Kier alpha value is -0.540. The van der Waals surface area contributed by atoms with Gasteiger partial charge in [-0.15, -0.1) is 0 Å². The van der Waals surface area contributed by atoms with Gasteiger partial charge in [-0.1, -0.05) is 15.9 Å². The van der Waals surface area contributed by atoms with Crippen molar-refractivity contribution >= 4 is 21.6 Å². The van der Waals surface area contributed by atoms with Gasteiger partial charge in [0, 0.05) is 47.5 Å². The molecule has 1 heterocycles. The van der Waals surface area contributed by atoms with Gasteiger partial charge in [0.1, 0.15) is 0 Å². The summed E-state index contributed by atoms with van der Waals surface area (Å²) in [7, 11) is 0. The van der Waals surface area contributed by atoms with Crippen molar-refractivity contribution in [2.75, 3.05) is 17.9 Å². The minimum Gasteiger partial charge on any atom is -0.366 e. The van der Waals surface area contributed by atoms with Crippen LogP contribution in [-0.2, 0) is 0 Å². The fourth-order valence-electron chi connectivity index (χ4n) is 1.16. The van der Waals surface area contributed by atoms with E-state index in [2.05, 4.69) is 15.9 Å². The first-order valence-corrected chi connectivity index (χ1v) is 4.97. The molecule has 0 amide bonds. The second-order valence-corrected chi connectivity index (χ2v) is 3.81. The molecule has 0 saturated carbocycles. The molecular formula is C12H17BrN2. The predicted octanol–water partition coefficient (Wildman–Crippen LogP) is 2.64. The smallest absolute Gasteiger partial charge is 0.0540 e. The highest BCUT2D eigenvalue weighted by molar-refractivity contribution is 9.10. The molecule has 0 spiro atoms. The summed E-state index contributed by atoms with van der Waals surface area (Å²) in [5, 5.41) is 1.67. The normalized spacial score (nSPS) is 56.7. The Kier molecular flexibility index (Phi) is 1.05. The second kappa shape index (κ2) is 4.54. The standard InChI is InChI=1S/C12H17BrN2/c1-9-8-15(10(2)7-14-9)12-5-3-11(13)4-6-12/h3-6,9-10,14H,7-8H2,1-2H3/i1D3,2D3,7D2,8D2,9D,10D. The zero-order valence-corrected chi connectivity index (χ0v) is 9.22. The van der Waals surface area contributed by atoms with Crippen LogP contribution in [0.5, 0.6) is 0 Å². The lowest BCUT2D eigenvalue weighted by molar-refractivity contribution is 0.425. The van der Waals surface area contributed by atoms with E-state index in [4.69, 9.17) is 16.4 Å². The minimum atomic E-state index is -3.40. The number of halogens is 1. The Morgan fingerprint density at radius 2 is 2.33 bits per heavy atom. The zero-order chi connectivity index (χ0) is 21.3. The summed E-state index contributed by atoms with van der Waals surface area (Å²) in [6.07, 6.45) is 0. The van der Waals surface area contributed by atoms with Crippen LogP contribution < -0.4 is 10.2 Å². The van der Waals surface area contributed by atoms with Crippen molar-refractivity contribution in [3.05, 3.63) is 28.7 Å². The highest BCUT2D eigenvalue weighted by Gasteiger charge is 2.22. The van der Waals surface area contributed by atoms with Crippen molar-refractivity contribution in [3.63, 3.8) is 0 Å². The number of hydrogen-bond donors (Lipinski definition) is 1. The molecule has 0 aliphatic carbocycles. The van der Waals surface area contributed by atoms with Crippen LogP contribution in [0.4, 0.5) is 5.69 Å². The Labute approximate surface area is 117 Å². The number of hydrogen-bond acceptors (Lipinski definition) is 2. The lowest BCUT2D eigenvalue weighted by Gasteiger charge is -2.39. The van der Waals surface area contributed by atoms with Crippen molar-refractivity contribution in [2.24, 2.45) is 0 Å². The molecule has 1 aromatic rings. The van der Waals surface area contributed by atoms with Crippen LogP contribution >= 0.6 is 15.9 Å². The minimum absolute atomic E-state index is 0.231. The molecular weight excluding hydrogens is 252 g/mol. The van der Waals surface area contributed by atoms with Crippen LogP contribution in [0.15, 0.2) is 28.7 Å². The molecule has 1 N–H and O–H groups in total. The largest absolute Gasteiger partial charge is 0.366 e. The maximum absolute atomic E-state index is 8.47. The van der Waals surface area contributed by atoms with Crippen molar-refractivity contribution in [1.82, 2.24) is 5.32 Å². The average Bonchev–Trinajstić information content (AvgIpc) is 2.44. The maximum atomic E-state index is 8.47. The fourth-order valence-corrected chi connectivity index (χ4v) is 1.42. The highest BCUT2D eigenvalue weighted by atomic mass is 79.9. The average molecular weight is 281 g/mol. The van der Waals surface area contributed by atoms with E-state index in [0.29, 0.717) is 4.47 Å². The Balaban J connectivity index is 2.90. The Morgan fingerprint density at radius 1 is 1.53 bits per heavy atom. The van der Waals surface area contributed by atoms with Gasteiger partial charge < -0.3 is 10.2 Å². The molecule has 0 aromatic heterocycles. The molecule has 2 rings (SSSR count). The summed E-state index contributed by atoms with van der Waals surface area (Å²) in [6, 6.07) is -1.27. The van der Waals surface area contributed by atoms with Gasteiger partial charge in [-0.25, -0.2) is 0 Å². The summed E-state index contributed by atoms with van der Waals surface area (Å²) in [4.78, 5) is 0.231. The Bertz CT molecular complexity index is 715. The molecule has 1 saturated heterocycles. The molecule has 1 aromatic carbocycles. The number of nitrogens with one attached hydrogen (secondary N) is 1. The van der Waals surface area contributed by atoms with Crippen molar-refractivity contribution < 1.29 is 16.4 Å². The van der Waals surface area contributed by atoms with E-state index < -0.39 is 38.7 Å². The molecule has 1 aliphatic rings.